The van der Waals surface area contributed by atoms with Gasteiger partial charge in [0.15, 0.2) is 0 Å². The highest BCUT2D eigenvalue weighted by Gasteiger charge is 2.08. The van der Waals surface area contributed by atoms with E-state index < -0.39 is 0 Å². The quantitative estimate of drug-likeness (QED) is 0.751. The Morgan fingerprint density at radius 3 is 3.07 bits per heavy atom. The van der Waals surface area contributed by atoms with Crippen LogP contribution in [-0.4, -0.2) is 38.0 Å². The lowest BCUT2D eigenvalue weighted by atomic mass is 10.2. The Morgan fingerprint density at radius 2 is 2.47 bits per heavy atom. The number of aliphatic hydroxyl groups is 1. The summed E-state index contributed by atoms with van der Waals surface area (Å²) in [6.45, 7) is 2.06. The lowest BCUT2D eigenvalue weighted by molar-refractivity contribution is 0.160. The minimum Gasteiger partial charge on any atom is -0.391 e. The van der Waals surface area contributed by atoms with Gasteiger partial charge in [-0.1, -0.05) is 0 Å². The van der Waals surface area contributed by atoms with Gasteiger partial charge in [-0.2, -0.15) is 0 Å². The summed E-state index contributed by atoms with van der Waals surface area (Å²) in [6.07, 6.45) is 0.356. The van der Waals surface area contributed by atoms with Crippen molar-refractivity contribution in [3.63, 3.8) is 0 Å². The van der Waals surface area contributed by atoms with E-state index in [0.29, 0.717) is 19.6 Å². The van der Waals surface area contributed by atoms with Crippen LogP contribution in [0.15, 0.2) is 15.9 Å². The SMILES string of the molecule is COCCNCC(O)Cc1sccc1Br. The molecule has 0 aliphatic rings. The molecule has 0 aliphatic carbocycles. The molecule has 0 aromatic carbocycles. The second-order valence-corrected chi connectivity index (χ2v) is 5.10. The van der Waals surface area contributed by atoms with Crippen molar-refractivity contribution in [2.75, 3.05) is 26.8 Å². The fourth-order valence-electron chi connectivity index (χ4n) is 1.20. The second kappa shape index (κ2) is 7.35. The molecule has 1 unspecified atom stereocenters. The highest BCUT2D eigenvalue weighted by Crippen LogP contribution is 2.23. The third kappa shape index (κ3) is 5.08. The third-order valence-electron chi connectivity index (χ3n) is 1.97. The van der Waals surface area contributed by atoms with Crippen LogP contribution in [0.4, 0.5) is 0 Å². The van der Waals surface area contributed by atoms with Crippen LogP contribution in [0.25, 0.3) is 0 Å². The molecular formula is C10H16BrNO2S. The molecule has 0 fully saturated rings. The van der Waals surface area contributed by atoms with Crippen molar-refractivity contribution in [3.05, 3.63) is 20.8 Å². The summed E-state index contributed by atoms with van der Waals surface area (Å²) in [6, 6.07) is 2.01. The molecule has 2 N–H and O–H groups in total. The summed E-state index contributed by atoms with van der Waals surface area (Å²) in [5, 5.41) is 14.9. The Hall–Kier alpha value is 0.0600. The molecule has 0 aliphatic heterocycles. The van der Waals surface area contributed by atoms with Gasteiger partial charge in [0, 0.05) is 36.0 Å². The number of thiophene rings is 1. The highest BCUT2D eigenvalue weighted by atomic mass is 79.9. The van der Waals surface area contributed by atoms with Crippen molar-refractivity contribution in [3.8, 4) is 0 Å². The number of ether oxygens (including phenoxy) is 1. The van der Waals surface area contributed by atoms with Gasteiger partial charge in [0.2, 0.25) is 0 Å². The average Bonchev–Trinajstić information content (AvgIpc) is 2.59. The number of rotatable bonds is 7. The fraction of sp³-hybridized carbons (Fsp3) is 0.600. The summed E-state index contributed by atoms with van der Waals surface area (Å²) in [5.74, 6) is 0. The molecule has 1 rings (SSSR count). The van der Waals surface area contributed by atoms with Crippen LogP contribution in [0.3, 0.4) is 0 Å². The van der Waals surface area contributed by atoms with Crippen molar-refractivity contribution in [1.82, 2.24) is 5.32 Å². The molecule has 0 amide bonds. The predicted octanol–water partition coefficient (Wildman–Crippen LogP) is 1.65. The van der Waals surface area contributed by atoms with Gasteiger partial charge in [0.1, 0.15) is 0 Å². The zero-order chi connectivity index (χ0) is 11.1. The molecule has 5 heteroatoms. The maximum Gasteiger partial charge on any atom is 0.0713 e. The topological polar surface area (TPSA) is 41.5 Å². The summed E-state index contributed by atoms with van der Waals surface area (Å²) in [7, 11) is 1.67. The van der Waals surface area contributed by atoms with Crippen LogP contribution in [0.5, 0.6) is 0 Å². The van der Waals surface area contributed by atoms with E-state index in [-0.39, 0.29) is 6.10 Å². The van der Waals surface area contributed by atoms with Crippen LogP contribution in [-0.2, 0) is 11.2 Å². The molecule has 0 saturated carbocycles. The van der Waals surface area contributed by atoms with Gasteiger partial charge in [0.05, 0.1) is 12.7 Å². The number of hydrogen-bond donors (Lipinski definition) is 2. The molecule has 1 aromatic heterocycles. The minimum absolute atomic E-state index is 0.336. The van der Waals surface area contributed by atoms with Crippen molar-refractivity contribution < 1.29 is 9.84 Å². The smallest absolute Gasteiger partial charge is 0.0713 e. The normalized spacial score (nSPS) is 13.0. The van der Waals surface area contributed by atoms with E-state index in [4.69, 9.17) is 4.74 Å². The summed E-state index contributed by atoms with van der Waals surface area (Å²) < 4.78 is 5.99. The molecule has 86 valence electrons. The monoisotopic (exact) mass is 293 g/mol. The van der Waals surface area contributed by atoms with Crippen LogP contribution >= 0.6 is 27.3 Å². The van der Waals surface area contributed by atoms with E-state index in [1.54, 1.807) is 18.4 Å². The average molecular weight is 294 g/mol. The van der Waals surface area contributed by atoms with E-state index in [0.717, 1.165) is 11.0 Å². The molecule has 3 nitrogen and oxygen atoms in total. The van der Waals surface area contributed by atoms with Crippen molar-refractivity contribution in [2.24, 2.45) is 0 Å². The van der Waals surface area contributed by atoms with Crippen LogP contribution < -0.4 is 5.32 Å². The molecule has 0 spiro atoms. The largest absolute Gasteiger partial charge is 0.391 e. The molecule has 1 heterocycles. The lowest BCUT2D eigenvalue weighted by Crippen LogP contribution is -2.30. The predicted molar refractivity (Wildman–Crippen MR) is 66.5 cm³/mol. The molecule has 0 radical (unpaired) electrons. The van der Waals surface area contributed by atoms with Gasteiger partial charge in [-0.15, -0.1) is 11.3 Å². The van der Waals surface area contributed by atoms with Crippen molar-refractivity contribution >= 4 is 27.3 Å². The van der Waals surface area contributed by atoms with Gasteiger partial charge in [-0.25, -0.2) is 0 Å². The Kier molecular flexibility index (Phi) is 6.43. The summed E-state index contributed by atoms with van der Waals surface area (Å²) in [4.78, 5) is 1.19. The van der Waals surface area contributed by atoms with Crippen LogP contribution in [0.1, 0.15) is 4.88 Å². The fourth-order valence-corrected chi connectivity index (χ4v) is 2.79. The zero-order valence-electron chi connectivity index (χ0n) is 8.70. The molecular weight excluding hydrogens is 278 g/mol. The van der Waals surface area contributed by atoms with E-state index in [1.807, 2.05) is 11.4 Å². The number of aliphatic hydroxyl groups excluding tert-OH is 1. The first-order chi connectivity index (χ1) is 7.24. The maximum atomic E-state index is 9.73. The van der Waals surface area contributed by atoms with Gasteiger partial charge in [-0.3, -0.25) is 0 Å². The first-order valence-corrected chi connectivity index (χ1v) is 6.51. The summed E-state index contributed by atoms with van der Waals surface area (Å²) >= 11 is 5.11. The first kappa shape index (κ1) is 13.1. The zero-order valence-corrected chi connectivity index (χ0v) is 11.1. The Balaban J connectivity index is 2.18. The van der Waals surface area contributed by atoms with E-state index in [2.05, 4.69) is 21.2 Å². The van der Waals surface area contributed by atoms with Gasteiger partial charge in [0.25, 0.3) is 0 Å². The standard InChI is InChI=1S/C10H16BrNO2S/c1-14-4-3-12-7-8(13)6-10-9(11)2-5-15-10/h2,5,8,12-13H,3-4,6-7H2,1H3. The number of hydrogen-bond acceptors (Lipinski definition) is 4. The number of nitrogens with one attached hydrogen (secondary N) is 1. The van der Waals surface area contributed by atoms with E-state index in [9.17, 15) is 5.11 Å². The van der Waals surface area contributed by atoms with Crippen LogP contribution in [0, 0.1) is 0 Å². The Bertz CT molecular complexity index is 280. The van der Waals surface area contributed by atoms with E-state index in [1.165, 1.54) is 4.88 Å². The maximum absolute atomic E-state index is 9.73. The van der Waals surface area contributed by atoms with Gasteiger partial charge in [-0.05, 0) is 27.4 Å². The van der Waals surface area contributed by atoms with Crippen LogP contribution in [0.2, 0.25) is 0 Å². The molecule has 1 aromatic rings. The molecule has 15 heavy (non-hydrogen) atoms. The highest BCUT2D eigenvalue weighted by molar-refractivity contribution is 9.10. The molecule has 0 bridgehead atoms. The van der Waals surface area contributed by atoms with Crippen molar-refractivity contribution in [1.29, 1.82) is 0 Å². The molecule has 1 atom stereocenters. The first-order valence-electron chi connectivity index (χ1n) is 4.83. The number of methoxy groups -OCH3 is 1. The van der Waals surface area contributed by atoms with E-state index >= 15 is 0 Å². The Labute approximate surface area is 103 Å². The van der Waals surface area contributed by atoms with Gasteiger partial charge >= 0.3 is 0 Å². The Morgan fingerprint density at radius 1 is 1.67 bits per heavy atom. The minimum atomic E-state index is -0.336. The second-order valence-electron chi connectivity index (χ2n) is 3.25. The molecule has 0 saturated heterocycles. The number of halogens is 1. The summed E-state index contributed by atoms with van der Waals surface area (Å²) in [5.41, 5.74) is 0. The third-order valence-corrected chi connectivity index (χ3v) is 3.92. The van der Waals surface area contributed by atoms with Gasteiger partial charge < -0.3 is 15.2 Å². The van der Waals surface area contributed by atoms with Crippen molar-refractivity contribution in [2.45, 2.75) is 12.5 Å². The lowest BCUT2D eigenvalue weighted by Gasteiger charge is -2.10.